The lowest BCUT2D eigenvalue weighted by Crippen LogP contribution is -2.03. The number of carbonyl (C=O) groups excluding carboxylic acids is 1. The summed E-state index contributed by atoms with van der Waals surface area (Å²) in [6, 6.07) is 4.77. The van der Waals surface area contributed by atoms with Gasteiger partial charge in [-0.25, -0.2) is 4.79 Å². The van der Waals surface area contributed by atoms with E-state index >= 15 is 0 Å². The Morgan fingerprint density at radius 3 is 2.80 bits per heavy atom. The Hall–Kier alpha value is -1.54. The molecule has 78 valence electrons. The number of phenols is 1. The molecule has 0 aliphatic carbocycles. The third kappa shape index (κ3) is 2.10. The van der Waals surface area contributed by atoms with Gasteiger partial charge in [0, 0.05) is 10.9 Å². The molecule has 0 unspecified atom stereocenters. The monoisotopic (exact) mass is 269 g/mol. The Morgan fingerprint density at radius 1 is 1.67 bits per heavy atom. The SMILES string of the molecule is COC(=O)c1ccc(C#N)c(CBr)c1O. The molecule has 0 atom stereocenters. The number of ether oxygens (including phenoxy) is 1. The second kappa shape index (κ2) is 4.80. The van der Waals surface area contributed by atoms with Crippen molar-refractivity contribution in [3.8, 4) is 11.8 Å². The average molecular weight is 270 g/mol. The molecule has 0 fully saturated rings. The number of methoxy groups -OCH3 is 1. The number of hydrogen-bond acceptors (Lipinski definition) is 4. The van der Waals surface area contributed by atoms with Crippen LogP contribution in [0.15, 0.2) is 12.1 Å². The number of alkyl halides is 1. The predicted octanol–water partition coefficient (Wildman–Crippen LogP) is 1.95. The normalized spacial score (nSPS) is 9.40. The van der Waals surface area contributed by atoms with Crippen molar-refractivity contribution >= 4 is 21.9 Å². The standard InChI is InChI=1S/C10H8BrNO3/c1-15-10(14)7-3-2-6(5-12)8(4-11)9(7)13/h2-3,13H,4H2,1H3. The summed E-state index contributed by atoms with van der Waals surface area (Å²) in [6.45, 7) is 0. The maximum Gasteiger partial charge on any atom is 0.341 e. The maximum atomic E-state index is 11.2. The summed E-state index contributed by atoms with van der Waals surface area (Å²) in [5.74, 6) is -0.836. The molecule has 15 heavy (non-hydrogen) atoms. The molecule has 0 aromatic heterocycles. The topological polar surface area (TPSA) is 70.3 Å². The highest BCUT2D eigenvalue weighted by Gasteiger charge is 2.17. The number of phenolic OH excluding ortho intramolecular Hbond substituents is 1. The number of rotatable bonds is 2. The molecular formula is C10H8BrNO3. The highest BCUT2D eigenvalue weighted by atomic mass is 79.9. The van der Waals surface area contributed by atoms with Crippen LogP contribution >= 0.6 is 15.9 Å². The minimum atomic E-state index is -0.626. The van der Waals surface area contributed by atoms with Crippen molar-refractivity contribution in [1.29, 1.82) is 5.26 Å². The van der Waals surface area contributed by atoms with Crippen molar-refractivity contribution in [2.24, 2.45) is 0 Å². The van der Waals surface area contributed by atoms with Crippen molar-refractivity contribution in [3.63, 3.8) is 0 Å². The van der Waals surface area contributed by atoms with Gasteiger partial charge in [-0.2, -0.15) is 5.26 Å². The van der Waals surface area contributed by atoms with E-state index in [4.69, 9.17) is 5.26 Å². The number of hydrogen-bond donors (Lipinski definition) is 1. The molecular weight excluding hydrogens is 262 g/mol. The Bertz CT molecular complexity index is 437. The minimum absolute atomic E-state index is 0.0611. The van der Waals surface area contributed by atoms with Gasteiger partial charge in [-0.05, 0) is 12.1 Å². The van der Waals surface area contributed by atoms with Gasteiger partial charge in [0.15, 0.2) is 0 Å². The summed E-state index contributed by atoms with van der Waals surface area (Å²) in [4.78, 5) is 11.2. The number of halogens is 1. The van der Waals surface area contributed by atoms with Gasteiger partial charge in [0.1, 0.15) is 11.3 Å². The van der Waals surface area contributed by atoms with E-state index in [1.165, 1.54) is 19.2 Å². The molecule has 0 aliphatic rings. The van der Waals surface area contributed by atoms with Crippen molar-refractivity contribution in [2.45, 2.75) is 5.33 Å². The number of esters is 1. The van der Waals surface area contributed by atoms with Crippen molar-refractivity contribution < 1.29 is 14.6 Å². The van der Waals surface area contributed by atoms with Crippen molar-refractivity contribution in [3.05, 3.63) is 28.8 Å². The van der Waals surface area contributed by atoms with E-state index in [2.05, 4.69) is 20.7 Å². The smallest absolute Gasteiger partial charge is 0.341 e. The molecule has 0 saturated carbocycles. The molecule has 0 aliphatic heterocycles. The zero-order valence-electron chi connectivity index (χ0n) is 7.95. The van der Waals surface area contributed by atoms with Crippen LogP contribution in [0.1, 0.15) is 21.5 Å². The zero-order valence-corrected chi connectivity index (χ0v) is 9.54. The van der Waals surface area contributed by atoms with Gasteiger partial charge in [-0.15, -0.1) is 0 Å². The first-order valence-electron chi connectivity index (χ1n) is 4.05. The van der Waals surface area contributed by atoms with Gasteiger partial charge < -0.3 is 9.84 Å². The summed E-state index contributed by atoms with van der Waals surface area (Å²) in [5, 5.41) is 18.8. The van der Waals surface area contributed by atoms with Gasteiger partial charge in [0.05, 0.1) is 18.7 Å². The Balaban J connectivity index is 3.37. The summed E-state index contributed by atoms with van der Waals surface area (Å²) in [6.07, 6.45) is 0. The molecule has 1 aromatic rings. The summed E-state index contributed by atoms with van der Waals surface area (Å²) in [7, 11) is 1.23. The van der Waals surface area contributed by atoms with Gasteiger partial charge in [-0.3, -0.25) is 0 Å². The van der Waals surface area contributed by atoms with Crippen LogP contribution in [-0.2, 0) is 10.1 Å². The highest BCUT2D eigenvalue weighted by molar-refractivity contribution is 9.08. The van der Waals surface area contributed by atoms with Crippen molar-refractivity contribution in [2.75, 3.05) is 7.11 Å². The van der Waals surface area contributed by atoms with E-state index in [0.29, 0.717) is 16.5 Å². The number of nitrogens with zero attached hydrogens (tertiary/aromatic N) is 1. The Kier molecular flexibility index (Phi) is 3.69. The molecule has 1 N–H and O–H groups in total. The molecule has 1 aromatic carbocycles. The molecule has 0 bridgehead atoms. The molecule has 1 rings (SSSR count). The molecule has 0 amide bonds. The maximum absolute atomic E-state index is 11.2. The second-order valence-corrected chi connectivity index (χ2v) is 3.29. The number of nitriles is 1. The summed E-state index contributed by atoms with van der Waals surface area (Å²) >= 11 is 3.14. The first kappa shape index (κ1) is 11.5. The largest absolute Gasteiger partial charge is 0.507 e. The fourth-order valence-corrected chi connectivity index (χ4v) is 1.72. The zero-order chi connectivity index (χ0) is 11.4. The van der Waals surface area contributed by atoms with Crippen LogP contribution in [0.5, 0.6) is 5.75 Å². The van der Waals surface area contributed by atoms with E-state index in [1.807, 2.05) is 6.07 Å². The molecule has 0 spiro atoms. The average Bonchev–Trinajstić information content (AvgIpc) is 2.27. The number of aromatic hydroxyl groups is 1. The van der Waals surface area contributed by atoms with Crippen LogP contribution in [0.3, 0.4) is 0 Å². The van der Waals surface area contributed by atoms with E-state index in [9.17, 15) is 9.90 Å². The molecule has 0 heterocycles. The fraction of sp³-hybridized carbons (Fsp3) is 0.200. The molecule has 0 radical (unpaired) electrons. The summed E-state index contributed by atoms with van der Waals surface area (Å²) < 4.78 is 4.49. The van der Waals surface area contributed by atoms with Crippen LogP contribution < -0.4 is 0 Å². The van der Waals surface area contributed by atoms with Crippen LogP contribution in [0.2, 0.25) is 0 Å². The lowest BCUT2D eigenvalue weighted by Gasteiger charge is -2.07. The van der Waals surface area contributed by atoms with E-state index < -0.39 is 5.97 Å². The van der Waals surface area contributed by atoms with Gasteiger partial charge in [0.2, 0.25) is 0 Å². The van der Waals surface area contributed by atoms with E-state index in [0.717, 1.165) is 0 Å². The van der Waals surface area contributed by atoms with Crippen LogP contribution in [0.4, 0.5) is 0 Å². The summed E-state index contributed by atoms with van der Waals surface area (Å²) in [5.41, 5.74) is 0.781. The van der Waals surface area contributed by atoms with Gasteiger partial charge in [-0.1, -0.05) is 15.9 Å². The third-order valence-corrected chi connectivity index (χ3v) is 2.50. The predicted molar refractivity (Wildman–Crippen MR) is 56.8 cm³/mol. The number of benzene rings is 1. The molecule has 5 heteroatoms. The second-order valence-electron chi connectivity index (χ2n) is 2.72. The highest BCUT2D eigenvalue weighted by Crippen LogP contribution is 2.28. The molecule has 0 saturated heterocycles. The molecule has 4 nitrogen and oxygen atoms in total. The van der Waals surface area contributed by atoms with Gasteiger partial charge in [0.25, 0.3) is 0 Å². The Labute approximate surface area is 95.2 Å². The lowest BCUT2D eigenvalue weighted by molar-refractivity contribution is 0.0597. The van der Waals surface area contributed by atoms with Crippen LogP contribution in [0, 0.1) is 11.3 Å². The Morgan fingerprint density at radius 2 is 2.33 bits per heavy atom. The van der Waals surface area contributed by atoms with Crippen LogP contribution in [0.25, 0.3) is 0 Å². The fourth-order valence-electron chi connectivity index (χ4n) is 1.15. The minimum Gasteiger partial charge on any atom is -0.507 e. The number of carbonyl (C=O) groups is 1. The first-order chi connectivity index (χ1) is 7.15. The lowest BCUT2D eigenvalue weighted by atomic mass is 10.0. The van der Waals surface area contributed by atoms with Crippen molar-refractivity contribution in [1.82, 2.24) is 0 Å². The van der Waals surface area contributed by atoms with Crippen LogP contribution in [-0.4, -0.2) is 18.2 Å². The van der Waals surface area contributed by atoms with E-state index in [-0.39, 0.29) is 11.3 Å². The quantitative estimate of drug-likeness (QED) is 0.658. The first-order valence-corrected chi connectivity index (χ1v) is 5.17. The van der Waals surface area contributed by atoms with E-state index in [1.54, 1.807) is 0 Å². The van der Waals surface area contributed by atoms with Gasteiger partial charge >= 0.3 is 5.97 Å². The third-order valence-electron chi connectivity index (χ3n) is 1.94.